The summed E-state index contributed by atoms with van der Waals surface area (Å²) in [7, 11) is 0. The Bertz CT molecular complexity index is 1690. The number of hydrogen-bond acceptors (Lipinski definition) is 5. The number of likely N-dealkylation sites (tertiary alicyclic amines) is 1. The summed E-state index contributed by atoms with van der Waals surface area (Å²) >= 11 is 0. The van der Waals surface area contributed by atoms with E-state index in [1.807, 2.05) is 0 Å². The van der Waals surface area contributed by atoms with Crippen molar-refractivity contribution < 1.29 is 40.7 Å². The van der Waals surface area contributed by atoms with Gasteiger partial charge in [0.25, 0.3) is 5.91 Å². The van der Waals surface area contributed by atoms with Crippen molar-refractivity contribution in [3.05, 3.63) is 88.1 Å². The van der Waals surface area contributed by atoms with Gasteiger partial charge in [0.2, 0.25) is 11.8 Å². The highest BCUT2D eigenvalue weighted by atomic mass is 35.5. The van der Waals surface area contributed by atoms with Crippen molar-refractivity contribution in [3.8, 4) is 0 Å². The molecular formula is C29H25Cl2F6N5O3. The van der Waals surface area contributed by atoms with Gasteiger partial charge in [0.05, 0.1) is 11.0 Å². The number of nitrogens with one attached hydrogen (secondary N) is 2. The highest BCUT2D eigenvalue weighted by molar-refractivity contribution is 6.06. The molecule has 2 N–H and O–H groups in total. The van der Waals surface area contributed by atoms with Crippen LogP contribution in [0.2, 0.25) is 0 Å². The van der Waals surface area contributed by atoms with Gasteiger partial charge >= 0.3 is 6.18 Å². The number of hydrogen-bond donors (Lipinski definition) is 2. The van der Waals surface area contributed by atoms with Gasteiger partial charge in [-0.1, -0.05) is 6.07 Å². The molecule has 0 saturated carbocycles. The molecule has 1 unspecified atom stereocenters. The summed E-state index contributed by atoms with van der Waals surface area (Å²) < 4.78 is 83.8. The minimum Gasteiger partial charge on any atom is -0.340 e. The third-order valence-corrected chi connectivity index (χ3v) is 8.52. The summed E-state index contributed by atoms with van der Waals surface area (Å²) in [4.78, 5) is 48.4. The van der Waals surface area contributed by atoms with Crippen LogP contribution in [-0.4, -0.2) is 57.4 Å². The van der Waals surface area contributed by atoms with Crippen LogP contribution in [0.4, 0.5) is 32.2 Å². The molecule has 0 radical (unpaired) electrons. The summed E-state index contributed by atoms with van der Waals surface area (Å²) in [6.07, 6.45) is -2.11. The summed E-state index contributed by atoms with van der Waals surface area (Å²) in [5, 5.41) is 5.14. The number of pyridine rings is 2. The molecule has 4 heterocycles. The van der Waals surface area contributed by atoms with Crippen LogP contribution in [0.5, 0.6) is 0 Å². The molecule has 3 aliphatic rings. The molecule has 1 saturated heterocycles. The van der Waals surface area contributed by atoms with Crippen LogP contribution < -0.4 is 10.6 Å². The van der Waals surface area contributed by atoms with Gasteiger partial charge in [-0.25, -0.2) is 18.2 Å². The van der Waals surface area contributed by atoms with Crippen molar-refractivity contribution in [1.29, 1.82) is 0 Å². The molecule has 240 valence electrons. The maximum atomic E-state index is 14.7. The third kappa shape index (κ3) is 5.81. The first-order valence-electron chi connectivity index (χ1n) is 13.4. The largest absolute Gasteiger partial charge is 0.406 e. The first kappa shape index (κ1) is 34.0. The standard InChI is InChI=1S/C29H23F6N5O3.2ClH/c1-13-16(22-18(30)4-5-19(31)23(22)32)8-20(26(42)40(13)12-29(33,34)35)38-25(41)15-7-14-9-28(10-21(14)37-11-15)17-3-2-6-36-24(17)39-27(28)43;;/h2-7,11,13,16,20H,8-10,12H2,1H3,(H,38,41)(H,36,39,43);2*1H/t13-,16-,20+,28?;;/m1../s1. The Labute approximate surface area is 264 Å². The zero-order valence-corrected chi connectivity index (χ0v) is 24.9. The van der Waals surface area contributed by atoms with Gasteiger partial charge in [-0.2, -0.15) is 13.2 Å². The van der Waals surface area contributed by atoms with E-state index in [0.717, 1.165) is 0 Å². The number of carbonyl (C=O) groups is 3. The minimum absolute atomic E-state index is 0. The van der Waals surface area contributed by atoms with Crippen molar-refractivity contribution in [2.45, 2.75) is 55.8 Å². The molecular weight excluding hydrogens is 651 g/mol. The van der Waals surface area contributed by atoms with Crippen LogP contribution in [0, 0.1) is 17.5 Å². The number of fused-ring (bicyclic) bond motifs is 3. The fraction of sp³-hybridized carbons (Fsp3) is 0.345. The lowest BCUT2D eigenvalue weighted by Gasteiger charge is -2.43. The number of amides is 3. The van der Waals surface area contributed by atoms with Gasteiger partial charge in [-0.05, 0) is 49.6 Å². The number of aromatic nitrogens is 2. The van der Waals surface area contributed by atoms with E-state index in [2.05, 4.69) is 20.6 Å². The molecule has 16 heteroatoms. The Morgan fingerprint density at radius 3 is 2.51 bits per heavy atom. The van der Waals surface area contributed by atoms with Crippen molar-refractivity contribution in [2.75, 3.05) is 11.9 Å². The summed E-state index contributed by atoms with van der Waals surface area (Å²) in [6.45, 7) is -0.557. The van der Waals surface area contributed by atoms with Crippen LogP contribution in [-0.2, 0) is 27.8 Å². The predicted molar refractivity (Wildman–Crippen MR) is 153 cm³/mol. The van der Waals surface area contributed by atoms with E-state index in [1.165, 1.54) is 19.2 Å². The quantitative estimate of drug-likeness (QED) is 0.306. The fourth-order valence-corrected chi connectivity index (χ4v) is 6.43. The molecule has 1 aliphatic carbocycles. The number of alkyl halides is 3. The lowest BCUT2D eigenvalue weighted by Crippen LogP contribution is -2.60. The van der Waals surface area contributed by atoms with Gasteiger partial charge in [-0.15, -0.1) is 24.8 Å². The Balaban J connectivity index is 0.00000230. The summed E-state index contributed by atoms with van der Waals surface area (Å²) in [5.74, 6) is -7.38. The van der Waals surface area contributed by atoms with Crippen molar-refractivity contribution in [1.82, 2.24) is 20.2 Å². The second kappa shape index (κ2) is 12.1. The summed E-state index contributed by atoms with van der Waals surface area (Å²) in [5.41, 5.74) is 0.0460. The first-order chi connectivity index (χ1) is 20.3. The van der Waals surface area contributed by atoms with Crippen molar-refractivity contribution >= 4 is 48.4 Å². The first-order valence-corrected chi connectivity index (χ1v) is 13.4. The molecule has 3 aromatic rings. The number of nitrogens with zero attached hydrogens (tertiary/aromatic N) is 3. The van der Waals surface area contributed by atoms with Crippen LogP contribution in [0.1, 0.15) is 52.0 Å². The van der Waals surface area contributed by atoms with Crippen molar-refractivity contribution in [2.24, 2.45) is 0 Å². The second-order valence-electron chi connectivity index (χ2n) is 11.1. The van der Waals surface area contributed by atoms with Crippen LogP contribution in [0.15, 0.2) is 42.7 Å². The highest BCUT2D eigenvalue weighted by Gasteiger charge is 2.52. The lowest BCUT2D eigenvalue weighted by atomic mass is 9.80. The number of anilines is 1. The third-order valence-electron chi connectivity index (χ3n) is 8.52. The minimum atomic E-state index is -4.86. The maximum Gasteiger partial charge on any atom is 0.406 e. The van der Waals surface area contributed by atoms with E-state index < -0.39 is 77.4 Å². The monoisotopic (exact) mass is 675 g/mol. The maximum absolute atomic E-state index is 14.7. The zero-order chi connectivity index (χ0) is 30.8. The molecule has 1 aromatic carbocycles. The lowest BCUT2D eigenvalue weighted by molar-refractivity contribution is -0.170. The zero-order valence-electron chi connectivity index (χ0n) is 23.3. The molecule has 6 rings (SSSR count). The van der Waals surface area contributed by atoms with Gasteiger partial charge in [0, 0.05) is 47.6 Å². The SMILES string of the molecule is C[C@@H]1[C@H](c2c(F)ccc(F)c2F)C[C@H](NC(=O)c2cnc3c(c2)CC2(C3)C(=O)Nc3ncccc32)C(=O)N1CC(F)(F)F.Cl.Cl. The molecule has 2 aliphatic heterocycles. The number of halogens is 8. The van der Waals surface area contributed by atoms with E-state index in [-0.39, 0.29) is 49.1 Å². The molecule has 2 aromatic heterocycles. The normalized spacial score (nSPS) is 23.5. The van der Waals surface area contributed by atoms with Gasteiger partial charge in [-0.3, -0.25) is 19.4 Å². The van der Waals surface area contributed by atoms with E-state index in [9.17, 15) is 40.7 Å². The Morgan fingerprint density at radius 2 is 1.80 bits per heavy atom. The van der Waals surface area contributed by atoms with E-state index in [4.69, 9.17) is 0 Å². The number of carbonyl (C=O) groups excluding carboxylic acids is 3. The summed E-state index contributed by atoms with van der Waals surface area (Å²) in [6, 6.07) is 3.19. The number of benzene rings is 1. The Morgan fingerprint density at radius 1 is 1.09 bits per heavy atom. The molecule has 4 atom stereocenters. The van der Waals surface area contributed by atoms with Crippen molar-refractivity contribution in [3.63, 3.8) is 0 Å². The molecule has 1 fully saturated rings. The van der Waals surface area contributed by atoms with Gasteiger partial charge < -0.3 is 15.5 Å². The van der Waals surface area contributed by atoms with E-state index in [0.29, 0.717) is 39.7 Å². The number of rotatable bonds is 4. The van der Waals surface area contributed by atoms with Crippen LogP contribution in [0.3, 0.4) is 0 Å². The van der Waals surface area contributed by atoms with Gasteiger partial charge in [0.1, 0.15) is 24.2 Å². The average Bonchev–Trinajstić information content (AvgIpc) is 3.47. The molecule has 0 bridgehead atoms. The van der Waals surface area contributed by atoms with E-state index >= 15 is 0 Å². The Hall–Kier alpha value is -3.91. The molecule has 45 heavy (non-hydrogen) atoms. The topological polar surface area (TPSA) is 104 Å². The predicted octanol–water partition coefficient (Wildman–Crippen LogP) is 4.79. The van der Waals surface area contributed by atoms with E-state index in [1.54, 1.807) is 18.3 Å². The van der Waals surface area contributed by atoms with Crippen LogP contribution in [0.25, 0.3) is 0 Å². The van der Waals surface area contributed by atoms with Gasteiger partial charge in [0.15, 0.2) is 11.6 Å². The average molecular weight is 676 g/mol. The molecule has 8 nitrogen and oxygen atoms in total. The fourth-order valence-electron chi connectivity index (χ4n) is 6.43. The Kier molecular flexibility index (Phi) is 9.15. The van der Waals surface area contributed by atoms with Crippen LogP contribution >= 0.6 is 24.8 Å². The highest BCUT2D eigenvalue weighted by Crippen LogP contribution is 2.46. The second-order valence-corrected chi connectivity index (χ2v) is 11.1. The number of piperidine rings is 1. The molecule has 1 spiro atoms. The molecule has 3 amide bonds. The smallest absolute Gasteiger partial charge is 0.340 e.